The van der Waals surface area contributed by atoms with Gasteiger partial charge in [-0.2, -0.15) is 0 Å². The van der Waals surface area contributed by atoms with Crippen molar-refractivity contribution in [2.24, 2.45) is 0 Å². The van der Waals surface area contributed by atoms with Gasteiger partial charge in [0.1, 0.15) is 23.4 Å². The quantitative estimate of drug-likeness (QED) is 0.907. The molecule has 0 saturated carbocycles. The molecule has 1 heterocycles. The summed E-state index contributed by atoms with van der Waals surface area (Å²) in [5, 5.41) is 20.2. The van der Waals surface area contributed by atoms with Crippen molar-refractivity contribution >= 4 is 0 Å². The third-order valence-electron chi connectivity index (χ3n) is 4.24. The molecule has 122 valence electrons. The van der Waals surface area contributed by atoms with Crippen molar-refractivity contribution in [3.8, 4) is 28.7 Å². The van der Waals surface area contributed by atoms with Crippen LogP contribution < -0.4 is 14.2 Å². The SMILES string of the molecule is COc1ccc([C@@H]2CCc3cc(O)c(OC)c(C)c3O2)c(O)c1. The second-order valence-electron chi connectivity index (χ2n) is 5.61. The lowest BCUT2D eigenvalue weighted by Gasteiger charge is -2.29. The highest BCUT2D eigenvalue weighted by molar-refractivity contribution is 5.58. The van der Waals surface area contributed by atoms with Crippen LogP contribution in [0.5, 0.6) is 28.7 Å². The Kier molecular flexibility index (Phi) is 3.94. The zero-order chi connectivity index (χ0) is 16.6. The molecular formula is C18H20O5. The van der Waals surface area contributed by atoms with Gasteiger partial charge in [-0.15, -0.1) is 0 Å². The Morgan fingerprint density at radius 3 is 2.52 bits per heavy atom. The van der Waals surface area contributed by atoms with E-state index in [-0.39, 0.29) is 17.6 Å². The monoisotopic (exact) mass is 316 g/mol. The zero-order valence-corrected chi connectivity index (χ0v) is 13.4. The van der Waals surface area contributed by atoms with Crippen LogP contribution in [0.2, 0.25) is 0 Å². The molecule has 5 heteroatoms. The first-order valence-electron chi connectivity index (χ1n) is 7.48. The Hall–Kier alpha value is -2.56. The van der Waals surface area contributed by atoms with Gasteiger partial charge in [-0.05, 0) is 43.5 Å². The Morgan fingerprint density at radius 2 is 1.87 bits per heavy atom. The second-order valence-corrected chi connectivity index (χ2v) is 5.61. The van der Waals surface area contributed by atoms with E-state index in [1.165, 1.54) is 7.11 Å². The Labute approximate surface area is 135 Å². The van der Waals surface area contributed by atoms with Crippen LogP contribution in [0, 0.1) is 6.92 Å². The number of aryl methyl sites for hydroxylation is 1. The third-order valence-corrected chi connectivity index (χ3v) is 4.24. The molecule has 2 N–H and O–H groups in total. The molecule has 0 amide bonds. The Morgan fingerprint density at radius 1 is 1.09 bits per heavy atom. The highest BCUT2D eigenvalue weighted by Crippen LogP contribution is 2.46. The van der Waals surface area contributed by atoms with E-state index in [9.17, 15) is 10.2 Å². The Bertz CT molecular complexity index is 739. The largest absolute Gasteiger partial charge is 0.507 e. The van der Waals surface area contributed by atoms with E-state index < -0.39 is 0 Å². The van der Waals surface area contributed by atoms with Crippen LogP contribution in [0.1, 0.15) is 29.2 Å². The molecule has 2 aromatic rings. The van der Waals surface area contributed by atoms with Gasteiger partial charge in [0.15, 0.2) is 11.5 Å². The van der Waals surface area contributed by atoms with Crippen LogP contribution >= 0.6 is 0 Å². The first-order chi connectivity index (χ1) is 11.0. The minimum absolute atomic E-state index is 0.123. The van der Waals surface area contributed by atoms with E-state index in [0.29, 0.717) is 17.2 Å². The lowest BCUT2D eigenvalue weighted by Crippen LogP contribution is -2.16. The summed E-state index contributed by atoms with van der Waals surface area (Å²) in [6.07, 6.45) is 1.23. The highest BCUT2D eigenvalue weighted by atomic mass is 16.5. The summed E-state index contributed by atoms with van der Waals surface area (Å²) in [4.78, 5) is 0. The summed E-state index contributed by atoms with van der Waals surface area (Å²) in [5.74, 6) is 2.01. The average molecular weight is 316 g/mol. The standard InChI is InChI=1S/C18H20O5/c1-10-17-11(8-15(20)18(10)22-3)4-7-16(23-17)13-6-5-12(21-2)9-14(13)19/h5-6,8-9,16,19-20H,4,7H2,1-3H3/t16-/m0/s1. The summed E-state index contributed by atoms with van der Waals surface area (Å²) in [7, 11) is 3.08. The van der Waals surface area contributed by atoms with Crippen molar-refractivity contribution in [3.63, 3.8) is 0 Å². The minimum Gasteiger partial charge on any atom is -0.507 e. The van der Waals surface area contributed by atoms with E-state index in [2.05, 4.69) is 0 Å². The molecule has 0 aromatic heterocycles. The maximum atomic E-state index is 10.2. The predicted molar refractivity (Wildman–Crippen MR) is 85.7 cm³/mol. The zero-order valence-electron chi connectivity index (χ0n) is 13.4. The second kappa shape index (κ2) is 5.91. The molecule has 1 aliphatic heterocycles. The van der Waals surface area contributed by atoms with E-state index in [1.54, 1.807) is 25.3 Å². The first kappa shape index (κ1) is 15.3. The summed E-state index contributed by atoms with van der Waals surface area (Å²) >= 11 is 0. The number of aromatic hydroxyl groups is 2. The van der Waals surface area contributed by atoms with Crippen molar-refractivity contribution in [2.45, 2.75) is 25.9 Å². The van der Waals surface area contributed by atoms with Gasteiger partial charge in [0.25, 0.3) is 0 Å². The van der Waals surface area contributed by atoms with Crippen molar-refractivity contribution in [1.29, 1.82) is 0 Å². The molecular weight excluding hydrogens is 296 g/mol. The fourth-order valence-electron chi connectivity index (χ4n) is 3.07. The van der Waals surface area contributed by atoms with Crippen molar-refractivity contribution in [1.82, 2.24) is 0 Å². The summed E-state index contributed by atoms with van der Waals surface area (Å²) < 4.78 is 16.5. The number of methoxy groups -OCH3 is 2. The molecule has 0 aliphatic carbocycles. The van der Waals surface area contributed by atoms with E-state index in [0.717, 1.165) is 29.5 Å². The van der Waals surface area contributed by atoms with Crippen LogP contribution in [0.4, 0.5) is 0 Å². The van der Waals surface area contributed by atoms with E-state index in [4.69, 9.17) is 14.2 Å². The highest BCUT2D eigenvalue weighted by Gasteiger charge is 2.27. The van der Waals surface area contributed by atoms with Crippen molar-refractivity contribution < 1.29 is 24.4 Å². The van der Waals surface area contributed by atoms with Crippen LogP contribution in [0.25, 0.3) is 0 Å². The molecule has 1 atom stereocenters. The number of phenols is 2. The fourth-order valence-corrected chi connectivity index (χ4v) is 3.07. The molecule has 0 bridgehead atoms. The number of rotatable bonds is 3. The first-order valence-corrected chi connectivity index (χ1v) is 7.48. The van der Waals surface area contributed by atoms with Gasteiger partial charge in [0.05, 0.1) is 14.2 Å². The number of fused-ring (bicyclic) bond motifs is 1. The average Bonchev–Trinajstić information content (AvgIpc) is 2.55. The normalized spacial score (nSPS) is 16.4. The summed E-state index contributed by atoms with van der Waals surface area (Å²) in [6.45, 7) is 1.85. The number of benzene rings is 2. The van der Waals surface area contributed by atoms with Gasteiger partial charge in [0.2, 0.25) is 0 Å². The molecule has 3 rings (SSSR count). The van der Waals surface area contributed by atoms with Gasteiger partial charge < -0.3 is 24.4 Å². The fraction of sp³-hybridized carbons (Fsp3) is 0.333. The predicted octanol–water partition coefficient (Wildman–Crippen LogP) is 3.49. The minimum atomic E-state index is -0.249. The van der Waals surface area contributed by atoms with Crippen LogP contribution in [0.3, 0.4) is 0 Å². The van der Waals surface area contributed by atoms with Gasteiger partial charge in [-0.25, -0.2) is 0 Å². The number of hydrogen-bond acceptors (Lipinski definition) is 5. The van der Waals surface area contributed by atoms with Gasteiger partial charge >= 0.3 is 0 Å². The molecule has 2 aromatic carbocycles. The Balaban J connectivity index is 1.97. The summed E-state index contributed by atoms with van der Waals surface area (Å²) in [5.41, 5.74) is 2.44. The van der Waals surface area contributed by atoms with E-state index >= 15 is 0 Å². The molecule has 23 heavy (non-hydrogen) atoms. The molecule has 0 fully saturated rings. The topological polar surface area (TPSA) is 68.2 Å². The molecule has 0 radical (unpaired) electrons. The molecule has 0 spiro atoms. The molecule has 0 saturated heterocycles. The maximum absolute atomic E-state index is 10.2. The lowest BCUT2D eigenvalue weighted by atomic mass is 9.94. The van der Waals surface area contributed by atoms with E-state index in [1.807, 2.05) is 13.0 Å². The molecule has 0 unspecified atom stereocenters. The summed E-state index contributed by atoms with van der Waals surface area (Å²) in [6, 6.07) is 6.89. The third kappa shape index (κ3) is 2.63. The molecule has 5 nitrogen and oxygen atoms in total. The smallest absolute Gasteiger partial charge is 0.167 e. The number of hydrogen-bond donors (Lipinski definition) is 2. The van der Waals surface area contributed by atoms with Crippen LogP contribution in [-0.4, -0.2) is 24.4 Å². The van der Waals surface area contributed by atoms with Gasteiger partial charge in [-0.3, -0.25) is 0 Å². The molecule has 1 aliphatic rings. The van der Waals surface area contributed by atoms with Crippen LogP contribution in [0.15, 0.2) is 24.3 Å². The van der Waals surface area contributed by atoms with Gasteiger partial charge in [-0.1, -0.05) is 0 Å². The maximum Gasteiger partial charge on any atom is 0.167 e. The van der Waals surface area contributed by atoms with Crippen molar-refractivity contribution in [3.05, 3.63) is 41.0 Å². The van der Waals surface area contributed by atoms with Crippen LogP contribution in [-0.2, 0) is 6.42 Å². The number of ether oxygens (including phenoxy) is 3. The lowest BCUT2D eigenvalue weighted by molar-refractivity contribution is 0.170. The van der Waals surface area contributed by atoms with Gasteiger partial charge in [0, 0.05) is 17.2 Å². The van der Waals surface area contributed by atoms with Crippen molar-refractivity contribution in [2.75, 3.05) is 14.2 Å². The number of phenolic OH excluding ortho intramolecular Hbond substituents is 2.